The molecule has 0 aliphatic carbocycles. The molecule has 0 bridgehead atoms. The second-order valence-electron chi connectivity index (χ2n) is 5.92. The van der Waals surface area contributed by atoms with Crippen molar-refractivity contribution in [1.82, 2.24) is 14.9 Å². The zero-order valence-electron chi connectivity index (χ0n) is 15.0. The average Bonchev–Trinajstić information content (AvgIpc) is 2.66. The fourth-order valence-corrected chi connectivity index (χ4v) is 3.08. The predicted molar refractivity (Wildman–Crippen MR) is 96.8 cm³/mol. The number of aromatic nitrogens is 2. The van der Waals surface area contributed by atoms with Crippen LogP contribution in [0.15, 0.2) is 18.5 Å². The van der Waals surface area contributed by atoms with Crippen LogP contribution in [0.25, 0.3) is 10.9 Å². The Morgan fingerprint density at radius 3 is 2.46 bits per heavy atom. The summed E-state index contributed by atoms with van der Waals surface area (Å²) in [5.41, 5.74) is 5.79. The lowest BCUT2D eigenvalue weighted by Crippen LogP contribution is -2.47. The summed E-state index contributed by atoms with van der Waals surface area (Å²) >= 11 is 0. The van der Waals surface area contributed by atoms with E-state index in [1.54, 1.807) is 20.5 Å². The zero-order chi connectivity index (χ0) is 18.5. The number of nitrogens with zero attached hydrogens (tertiary/aromatic N) is 4. The number of hydrogen-bond donors (Lipinski definition) is 1. The maximum atomic E-state index is 10.6. The first kappa shape index (κ1) is 18.0. The first-order valence-electron chi connectivity index (χ1n) is 8.38. The summed E-state index contributed by atoms with van der Waals surface area (Å²) < 4.78 is 15.6. The van der Waals surface area contributed by atoms with E-state index in [4.69, 9.17) is 19.9 Å². The van der Waals surface area contributed by atoms with E-state index < -0.39 is 6.09 Å². The normalized spacial score (nSPS) is 15.1. The molecular weight excluding hydrogens is 338 g/mol. The van der Waals surface area contributed by atoms with Crippen molar-refractivity contribution >= 4 is 22.8 Å². The second kappa shape index (κ2) is 8.05. The molecule has 1 aliphatic heterocycles. The number of primary amides is 1. The van der Waals surface area contributed by atoms with Crippen LogP contribution in [0.5, 0.6) is 11.5 Å². The van der Waals surface area contributed by atoms with Crippen LogP contribution in [-0.2, 0) is 4.74 Å². The number of fused-ring (bicyclic) bond motifs is 1. The maximum absolute atomic E-state index is 10.6. The van der Waals surface area contributed by atoms with Crippen LogP contribution in [0.3, 0.4) is 0 Å². The maximum Gasteiger partial charge on any atom is 0.404 e. The minimum absolute atomic E-state index is 0.308. The first-order valence-corrected chi connectivity index (χ1v) is 8.38. The van der Waals surface area contributed by atoms with Gasteiger partial charge in [0.05, 0.1) is 19.7 Å². The van der Waals surface area contributed by atoms with Crippen LogP contribution in [0.1, 0.15) is 0 Å². The van der Waals surface area contributed by atoms with Gasteiger partial charge in [-0.05, 0) is 6.07 Å². The van der Waals surface area contributed by atoms with Crippen LogP contribution in [0, 0.1) is 0 Å². The van der Waals surface area contributed by atoms with Gasteiger partial charge in [0, 0.05) is 44.2 Å². The molecule has 9 heteroatoms. The van der Waals surface area contributed by atoms with Gasteiger partial charge in [0.1, 0.15) is 18.8 Å². The Kier molecular flexibility index (Phi) is 5.57. The molecule has 0 atom stereocenters. The standard InChI is InChI=1S/C17H23N5O4/c1-24-14-9-12-13(10-15(14)25-2)19-11-20-16(12)22-5-3-21(4-6-22)7-8-26-17(18)23/h9-11H,3-8H2,1-2H3,(H2,18,23). The van der Waals surface area contributed by atoms with Gasteiger partial charge < -0.3 is 24.8 Å². The van der Waals surface area contributed by atoms with E-state index in [1.165, 1.54) is 0 Å². The fourth-order valence-electron chi connectivity index (χ4n) is 3.08. The Hall–Kier alpha value is -2.81. The molecule has 1 aromatic heterocycles. The molecule has 0 saturated carbocycles. The van der Waals surface area contributed by atoms with Crippen molar-refractivity contribution in [1.29, 1.82) is 0 Å². The third-order valence-electron chi connectivity index (χ3n) is 4.44. The number of methoxy groups -OCH3 is 2. The minimum Gasteiger partial charge on any atom is -0.493 e. The van der Waals surface area contributed by atoms with E-state index in [-0.39, 0.29) is 0 Å². The van der Waals surface area contributed by atoms with Crippen molar-refractivity contribution in [3.8, 4) is 11.5 Å². The highest BCUT2D eigenvalue weighted by atomic mass is 16.5. The predicted octanol–water partition coefficient (Wildman–Crippen LogP) is 0.864. The smallest absolute Gasteiger partial charge is 0.404 e. The zero-order valence-corrected chi connectivity index (χ0v) is 15.0. The van der Waals surface area contributed by atoms with E-state index in [2.05, 4.69) is 19.8 Å². The quantitative estimate of drug-likeness (QED) is 0.808. The Morgan fingerprint density at radius 2 is 1.81 bits per heavy atom. The molecule has 1 aromatic carbocycles. The molecular formula is C17H23N5O4. The van der Waals surface area contributed by atoms with Crippen molar-refractivity contribution in [2.45, 2.75) is 0 Å². The first-order chi connectivity index (χ1) is 12.6. The third kappa shape index (κ3) is 3.88. The summed E-state index contributed by atoms with van der Waals surface area (Å²) in [6, 6.07) is 3.77. The molecule has 1 amide bonds. The summed E-state index contributed by atoms with van der Waals surface area (Å²) in [4.78, 5) is 23.9. The van der Waals surface area contributed by atoms with Crippen LogP contribution in [0.4, 0.5) is 10.6 Å². The molecule has 0 spiro atoms. The molecule has 3 rings (SSSR count). The van der Waals surface area contributed by atoms with Crippen LogP contribution < -0.4 is 20.1 Å². The molecule has 1 saturated heterocycles. The molecule has 2 heterocycles. The van der Waals surface area contributed by atoms with Crippen molar-refractivity contribution in [2.75, 3.05) is 58.5 Å². The highest BCUT2D eigenvalue weighted by Crippen LogP contribution is 2.34. The van der Waals surface area contributed by atoms with Crippen LogP contribution in [-0.4, -0.2) is 74.5 Å². The van der Waals surface area contributed by atoms with Gasteiger partial charge in [0.15, 0.2) is 11.5 Å². The van der Waals surface area contributed by atoms with Crippen LogP contribution in [0.2, 0.25) is 0 Å². The van der Waals surface area contributed by atoms with Crippen molar-refractivity contribution in [2.24, 2.45) is 5.73 Å². The number of carbonyl (C=O) groups excluding carboxylic acids is 1. The summed E-state index contributed by atoms with van der Waals surface area (Å²) in [5.74, 6) is 2.17. The van der Waals surface area contributed by atoms with Crippen molar-refractivity contribution in [3.05, 3.63) is 18.5 Å². The summed E-state index contributed by atoms with van der Waals surface area (Å²) in [6.07, 6.45) is 0.830. The summed E-state index contributed by atoms with van der Waals surface area (Å²) in [6.45, 7) is 4.31. The van der Waals surface area contributed by atoms with Gasteiger partial charge in [0.2, 0.25) is 0 Å². The van der Waals surface area contributed by atoms with E-state index in [0.717, 1.165) is 42.9 Å². The van der Waals surface area contributed by atoms with Gasteiger partial charge >= 0.3 is 6.09 Å². The van der Waals surface area contributed by atoms with E-state index in [0.29, 0.717) is 24.7 Å². The third-order valence-corrected chi connectivity index (χ3v) is 4.44. The minimum atomic E-state index is -0.736. The SMILES string of the molecule is COc1cc2ncnc(N3CCN(CCOC(N)=O)CC3)c2cc1OC. The van der Waals surface area contributed by atoms with Gasteiger partial charge in [0.25, 0.3) is 0 Å². The molecule has 0 unspecified atom stereocenters. The number of nitrogens with two attached hydrogens (primary N) is 1. The molecule has 2 aromatic rings. The van der Waals surface area contributed by atoms with E-state index >= 15 is 0 Å². The summed E-state index contributed by atoms with van der Waals surface area (Å²) in [7, 11) is 3.22. The second-order valence-corrected chi connectivity index (χ2v) is 5.92. The lowest BCUT2D eigenvalue weighted by Gasteiger charge is -2.35. The lowest BCUT2D eigenvalue weighted by atomic mass is 10.2. The molecule has 1 aliphatic rings. The van der Waals surface area contributed by atoms with Crippen molar-refractivity contribution < 1.29 is 19.0 Å². The monoisotopic (exact) mass is 361 g/mol. The van der Waals surface area contributed by atoms with Gasteiger partial charge in [-0.1, -0.05) is 0 Å². The summed E-state index contributed by atoms with van der Waals surface area (Å²) in [5, 5.41) is 0.927. The van der Waals surface area contributed by atoms with Crippen LogP contribution >= 0.6 is 0 Å². The Balaban J connectivity index is 1.74. The highest BCUT2D eigenvalue weighted by Gasteiger charge is 2.21. The largest absolute Gasteiger partial charge is 0.493 e. The number of piperazine rings is 1. The van der Waals surface area contributed by atoms with Gasteiger partial charge in [-0.15, -0.1) is 0 Å². The number of ether oxygens (including phenoxy) is 3. The molecule has 2 N–H and O–H groups in total. The average molecular weight is 361 g/mol. The number of benzene rings is 1. The Bertz CT molecular complexity index is 777. The van der Waals surface area contributed by atoms with E-state index in [1.807, 2.05) is 12.1 Å². The molecule has 26 heavy (non-hydrogen) atoms. The molecule has 140 valence electrons. The number of hydrogen-bond acceptors (Lipinski definition) is 8. The molecule has 9 nitrogen and oxygen atoms in total. The Labute approximate surface area is 151 Å². The fraction of sp³-hybridized carbons (Fsp3) is 0.471. The highest BCUT2D eigenvalue weighted by molar-refractivity contribution is 5.92. The number of rotatable bonds is 6. The Morgan fingerprint density at radius 1 is 1.12 bits per heavy atom. The van der Waals surface area contributed by atoms with Gasteiger partial charge in [-0.25, -0.2) is 14.8 Å². The van der Waals surface area contributed by atoms with Gasteiger partial charge in [-0.2, -0.15) is 0 Å². The topological polar surface area (TPSA) is 103 Å². The number of carbonyl (C=O) groups is 1. The van der Waals surface area contributed by atoms with Crippen molar-refractivity contribution in [3.63, 3.8) is 0 Å². The lowest BCUT2D eigenvalue weighted by molar-refractivity contribution is 0.133. The molecule has 0 radical (unpaired) electrons. The number of amides is 1. The molecule has 1 fully saturated rings. The van der Waals surface area contributed by atoms with Gasteiger partial charge in [-0.3, -0.25) is 4.90 Å². The van der Waals surface area contributed by atoms with E-state index in [9.17, 15) is 4.79 Å². The number of anilines is 1.